The van der Waals surface area contributed by atoms with Crippen molar-refractivity contribution in [1.29, 1.82) is 0 Å². The summed E-state index contributed by atoms with van der Waals surface area (Å²) in [6, 6.07) is 9.60. The zero-order valence-corrected chi connectivity index (χ0v) is 17.9. The van der Waals surface area contributed by atoms with Crippen LogP contribution in [0.5, 0.6) is 5.75 Å². The zero-order valence-electron chi connectivity index (χ0n) is 17.1. The minimum absolute atomic E-state index is 0.0328. The fourth-order valence-electron chi connectivity index (χ4n) is 4.19. The van der Waals surface area contributed by atoms with Crippen molar-refractivity contribution in [3.8, 4) is 16.3 Å². The normalized spacial score (nSPS) is 19.4. The highest BCUT2D eigenvalue weighted by molar-refractivity contribution is 7.13. The first kappa shape index (κ1) is 20.1. The van der Waals surface area contributed by atoms with Crippen molar-refractivity contribution >= 4 is 17.2 Å². The third-order valence-electron chi connectivity index (χ3n) is 5.65. The molecule has 31 heavy (non-hydrogen) atoms. The van der Waals surface area contributed by atoms with Crippen molar-refractivity contribution in [2.75, 3.05) is 32.8 Å². The summed E-state index contributed by atoms with van der Waals surface area (Å²) >= 11 is 1.60. The second-order valence-corrected chi connectivity index (χ2v) is 8.55. The molecule has 3 aromatic rings. The van der Waals surface area contributed by atoms with Crippen molar-refractivity contribution in [3.63, 3.8) is 0 Å². The van der Waals surface area contributed by atoms with E-state index >= 15 is 0 Å². The molecule has 2 aliphatic heterocycles. The van der Waals surface area contributed by atoms with Crippen molar-refractivity contribution in [1.82, 2.24) is 20.2 Å². The monoisotopic (exact) mass is 436 g/mol. The summed E-state index contributed by atoms with van der Waals surface area (Å²) in [6.45, 7) is 3.15. The van der Waals surface area contributed by atoms with Gasteiger partial charge in [0, 0.05) is 43.5 Å². The molecule has 0 spiro atoms. The maximum absolute atomic E-state index is 13.2. The van der Waals surface area contributed by atoms with Crippen LogP contribution in [0.4, 0.5) is 0 Å². The topological polar surface area (TPSA) is 76.6 Å². The zero-order chi connectivity index (χ0) is 21.0. The van der Waals surface area contributed by atoms with Gasteiger partial charge < -0.3 is 14.8 Å². The number of hydrogen-bond donors (Lipinski definition) is 1. The number of amides is 1. The van der Waals surface area contributed by atoms with E-state index in [1.807, 2.05) is 29.6 Å². The maximum Gasteiger partial charge on any atom is 0.242 e. The number of nitrogens with one attached hydrogen (secondary N) is 1. The Morgan fingerprint density at radius 3 is 2.90 bits per heavy atom. The first-order valence-electron chi connectivity index (χ1n) is 10.5. The Kier molecular flexibility index (Phi) is 5.93. The Labute approximate surface area is 185 Å². The lowest BCUT2D eigenvalue weighted by atomic mass is 10.0. The standard InChI is InChI=1S/C23H24N4O3S/c28-22(20(17-4-2-6-24-14-17)27-8-10-29-11-9-27)26-15-18-13-16-3-1-5-19(21(16)30-18)23-25-7-12-31-23/h1-7,12,14,18,20H,8-11,13,15H2,(H,26,28). The predicted octanol–water partition coefficient (Wildman–Crippen LogP) is 2.70. The number of nitrogens with zero attached hydrogens (tertiary/aromatic N) is 3. The number of morpholine rings is 1. The quantitative estimate of drug-likeness (QED) is 0.640. The smallest absolute Gasteiger partial charge is 0.242 e. The lowest BCUT2D eigenvalue weighted by Crippen LogP contribution is -2.47. The van der Waals surface area contributed by atoms with Crippen LogP contribution in [0, 0.1) is 0 Å². The maximum atomic E-state index is 13.2. The number of fused-ring (bicyclic) bond motifs is 1. The number of para-hydroxylation sites is 1. The molecule has 4 heterocycles. The number of benzene rings is 1. The molecule has 160 valence electrons. The Balaban J connectivity index is 1.27. The molecule has 7 nitrogen and oxygen atoms in total. The third-order valence-corrected chi connectivity index (χ3v) is 6.46. The van der Waals surface area contributed by atoms with Crippen molar-refractivity contribution in [2.24, 2.45) is 0 Å². The summed E-state index contributed by atoms with van der Waals surface area (Å²) in [4.78, 5) is 24.0. The van der Waals surface area contributed by atoms with Gasteiger partial charge in [0.2, 0.25) is 5.91 Å². The second-order valence-electron chi connectivity index (χ2n) is 7.66. The molecule has 0 saturated carbocycles. The number of carbonyl (C=O) groups is 1. The van der Waals surface area contributed by atoms with Crippen LogP contribution in [-0.4, -0.2) is 59.7 Å². The summed E-state index contributed by atoms with van der Waals surface area (Å²) in [5.41, 5.74) is 3.07. The molecule has 0 aliphatic carbocycles. The van der Waals surface area contributed by atoms with E-state index in [9.17, 15) is 4.79 Å². The summed E-state index contributed by atoms with van der Waals surface area (Å²) in [5.74, 6) is 0.850. The molecule has 1 N–H and O–H groups in total. The van der Waals surface area contributed by atoms with Gasteiger partial charge in [0.25, 0.3) is 0 Å². The van der Waals surface area contributed by atoms with Gasteiger partial charge in [0.15, 0.2) is 0 Å². The summed E-state index contributed by atoms with van der Waals surface area (Å²) < 4.78 is 11.7. The molecule has 2 unspecified atom stereocenters. The van der Waals surface area contributed by atoms with Gasteiger partial charge in [-0.05, 0) is 23.3 Å². The molecule has 2 aromatic heterocycles. The molecule has 1 saturated heterocycles. The highest BCUT2D eigenvalue weighted by Gasteiger charge is 2.31. The summed E-state index contributed by atoms with van der Waals surface area (Å²) in [6.07, 6.45) is 5.96. The largest absolute Gasteiger partial charge is 0.487 e. The molecule has 0 radical (unpaired) electrons. The van der Waals surface area contributed by atoms with Crippen molar-refractivity contribution in [3.05, 3.63) is 65.4 Å². The molecule has 0 bridgehead atoms. The van der Waals surface area contributed by atoms with E-state index in [0.717, 1.165) is 47.0 Å². The lowest BCUT2D eigenvalue weighted by Gasteiger charge is -2.33. The third kappa shape index (κ3) is 4.32. The van der Waals surface area contributed by atoms with Crippen LogP contribution in [-0.2, 0) is 16.0 Å². The highest BCUT2D eigenvalue weighted by Crippen LogP contribution is 2.39. The van der Waals surface area contributed by atoms with E-state index in [2.05, 4.69) is 26.3 Å². The van der Waals surface area contributed by atoms with Crippen LogP contribution in [0.2, 0.25) is 0 Å². The second kappa shape index (κ2) is 9.13. The number of aromatic nitrogens is 2. The Morgan fingerprint density at radius 1 is 1.23 bits per heavy atom. The fourth-order valence-corrected chi connectivity index (χ4v) is 4.85. The number of hydrogen-bond acceptors (Lipinski definition) is 7. The van der Waals surface area contributed by atoms with E-state index in [-0.39, 0.29) is 18.1 Å². The van der Waals surface area contributed by atoms with E-state index < -0.39 is 0 Å². The number of ether oxygens (including phenoxy) is 2. The number of rotatable bonds is 6. The summed E-state index contributed by atoms with van der Waals surface area (Å²) in [5, 5.41) is 6.04. The molecule has 2 atom stereocenters. The molecular formula is C23H24N4O3S. The fraction of sp³-hybridized carbons (Fsp3) is 0.348. The van der Waals surface area contributed by atoms with Crippen LogP contribution in [0.25, 0.3) is 10.6 Å². The van der Waals surface area contributed by atoms with Gasteiger partial charge in [-0.15, -0.1) is 11.3 Å². The molecule has 5 rings (SSSR count). The molecule has 8 heteroatoms. The van der Waals surface area contributed by atoms with Crippen LogP contribution < -0.4 is 10.1 Å². The first-order valence-corrected chi connectivity index (χ1v) is 11.4. The number of carbonyl (C=O) groups excluding carboxylic acids is 1. The van der Waals surface area contributed by atoms with Crippen LogP contribution in [0.15, 0.2) is 54.3 Å². The van der Waals surface area contributed by atoms with Crippen LogP contribution >= 0.6 is 11.3 Å². The minimum atomic E-state index is -0.382. The van der Waals surface area contributed by atoms with E-state index in [1.165, 1.54) is 0 Å². The molecule has 2 aliphatic rings. The first-order chi connectivity index (χ1) is 15.3. The van der Waals surface area contributed by atoms with Gasteiger partial charge in [-0.1, -0.05) is 18.2 Å². The van der Waals surface area contributed by atoms with E-state index in [1.54, 1.807) is 29.9 Å². The highest BCUT2D eigenvalue weighted by atomic mass is 32.1. The average molecular weight is 437 g/mol. The Bertz CT molecular complexity index is 1020. The van der Waals surface area contributed by atoms with Gasteiger partial charge in [0.05, 0.1) is 25.3 Å². The minimum Gasteiger partial charge on any atom is -0.487 e. The molecule has 1 aromatic carbocycles. The average Bonchev–Trinajstić information content (AvgIpc) is 3.49. The van der Waals surface area contributed by atoms with Crippen molar-refractivity contribution < 1.29 is 14.3 Å². The SMILES string of the molecule is O=C(NCC1Cc2cccc(-c3nccs3)c2O1)C(c1cccnc1)N1CCOCC1. The van der Waals surface area contributed by atoms with Gasteiger partial charge in [0.1, 0.15) is 22.9 Å². The Morgan fingerprint density at radius 2 is 2.13 bits per heavy atom. The lowest BCUT2D eigenvalue weighted by molar-refractivity contribution is -0.128. The predicted molar refractivity (Wildman–Crippen MR) is 118 cm³/mol. The molecule has 1 fully saturated rings. The number of pyridine rings is 1. The Hall–Kier alpha value is -2.81. The number of thiazole rings is 1. The van der Waals surface area contributed by atoms with E-state index in [4.69, 9.17) is 9.47 Å². The van der Waals surface area contributed by atoms with E-state index in [0.29, 0.717) is 19.8 Å². The molecular weight excluding hydrogens is 412 g/mol. The summed E-state index contributed by atoms with van der Waals surface area (Å²) in [7, 11) is 0. The van der Waals surface area contributed by atoms with Gasteiger partial charge in [-0.2, -0.15) is 0 Å². The van der Waals surface area contributed by atoms with Gasteiger partial charge >= 0.3 is 0 Å². The van der Waals surface area contributed by atoms with Gasteiger partial charge in [-0.25, -0.2) is 4.98 Å². The van der Waals surface area contributed by atoms with Crippen LogP contribution in [0.1, 0.15) is 17.2 Å². The van der Waals surface area contributed by atoms with Crippen LogP contribution in [0.3, 0.4) is 0 Å². The van der Waals surface area contributed by atoms with Gasteiger partial charge in [-0.3, -0.25) is 14.7 Å². The van der Waals surface area contributed by atoms with Crippen molar-refractivity contribution in [2.45, 2.75) is 18.6 Å². The molecule has 1 amide bonds.